The highest BCUT2D eigenvalue weighted by atomic mass is 35.5. The van der Waals surface area contributed by atoms with E-state index in [1.54, 1.807) is 49.7 Å². The van der Waals surface area contributed by atoms with Gasteiger partial charge >= 0.3 is 0 Å². The minimum absolute atomic E-state index is 0.349. The van der Waals surface area contributed by atoms with Gasteiger partial charge in [0, 0.05) is 16.6 Å². The molecule has 25 heavy (non-hydrogen) atoms. The number of amides is 1. The van der Waals surface area contributed by atoms with E-state index in [1.165, 1.54) is 0 Å². The van der Waals surface area contributed by atoms with E-state index < -0.39 is 6.10 Å². The van der Waals surface area contributed by atoms with Gasteiger partial charge in [0.25, 0.3) is 5.91 Å². The van der Waals surface area contributed by atoms with Gasteiger partial charge < -0.3 is 4.74 Å². The second-order valence-electron chi connectivity index (χ2n) is 5.38. The number of ether oxygens (including phenoxy) is 1. The van der Waals surface area contributed by atoms with Gasteiger partial charge in [0.1, 0.15) is 11.3 Å². The molecule has 126 valence electrons. The molecule has 1 N–H and O–H groups in total. The van der Waals surface area contributed by atoms with Gasteiger partial charge in [-0.25, -0.2) is 5.43 Å². The standard InChI is InChI=1S/C19H16ClN3O2/c1-13(19(24)23-22-12-14-7-9-16(20)10-8-14)25-17-6-2-4-15-5-3-11-21-18(15)17/h2-13H,1H3,(H,23,24)/b22-12+. The van der Waals surface area contributed by atoms with Crippen molar-refractivity contribution in [1.29, 1.82) is 0 Å². The Morgan fingerprint density at radius 3 is 2.76 bits per heavy atom. The van der Waals surface area contributed by atoms with E-state index in [0.29, 0.717) is 16.3 Å². The maximum atomic E-state index is 12.1. The number of rotatable bonds is 5. The van der Waals surface area contributed by atoms with Crippen molar-refractivity contribution >= 4 is 34.6 Å². The molecule has 2 aromatic carbocycles. The van der Waals surface area contributed by atoms with Crippen molar-refractivity contribution in [3.8, 4) is 5.75 Å². The maximum absolute atomic E-state index is 12.1. The van der Waals surface area contributed by atoms with Crippen molar-refractivity contribution in [1.82, 2.24) is 10.4 Å². The van der Waals surface area contributed by atoms with E-state index in [9.17, 15) is 4.79 Å². The number of fused-ring (bicyclic) bond motifs is 1. The molecule has 0 radical (unpaired) electrons. The third kappa shape index (κ3) is 4.33. The van der Waals surface area contributed by atoms with E-state index in [2.05, 4.69) is 15.5 Å². The molecule has 0 fully saturated rings. The third-order valence-corrected chi connectivity index (χ3v) is 3.78. The molecule has 1 aromatic heterocycles. The zero-order valence-corrected chi connectivity index (χ0v) is 14.3. The first-order valence-electron chi connectivity index (χ1n) is 7.72. The number of halogens is 1. The van der Waals surface area contributed by atoms with Crippen molar-refractivity contribution in [3.05, 3.63) is 71.4 Å². The van der Waals surface area contributed by atoms with Crippen molar-refractivity contribution in [2.24, 2.45) is 5.10 Å². The number of nitrogens with one attached hydrogen (secondary N) is 1. The quantitative estimate of drug-likeness (QED) is 0.560. The predicted molar refractivity (Wildman–Crippen MR) is 99.0 cm³/mol. The summed E-state index contributed by atoms with van der Waals surface area (Å²) in [5, 5.41) is 5.53. The SMILES string of the molecule is CC(Oc1cccc2cccnc12)C(=O)N/N=C/c1ccc(Cl)cc1. The monoisotopic (exact) mass is 353 g/mol. The second-order valence-corrected chi connectivity index (χ2v) is 5.81. The van der Waals surface area contributed by atoms with Crippen LogP contribution in [-0.4, -0.2) is 23.2 Å². The number of carbonyl (C=O) groups excluding carboxylic acids is 1. The van der Waals surface area contributed by atoms with E-state index in [-0.39, 0.29) is 5.91 Å². The van der Waals surface area contributed by atoms with Crippen LogP contribution in [0.1, 0.15) is 12.5 Å². The first-order valence-corrected chi connectivity index (χ1v) is 8.10. The predicted octanol–water partition coefficient (Wildman–Crippen LogP) is 3.81. The fourth-order valence-electron chi connectivity index (χ4n) is 2.23. The maximum Gasteiger partial charge on any atom is 0.280 e. The minimum Gasteiger partial charge on any atom is -0.479 e. The van der Waals surface area contributed by atoms with Crippen LogP contribution < -0.4 is 10.2 Å². The molecule has 1 atom stereocenters. The van der Waals surface area contributed by atoms with Crippen molar-refractivity contribution < 1.29 is 9.53 Å². The van der Waals surface area contributed by atoms with E-state index in [4.69, 9.17) is 16.3 Å². The number of nitrogens with zero attached hydrogens (tertiary/aromatic N) is 2. The molecule has 0 aliphatic carbocycles. The number of hydrogen-bond acceptors (Lipinski definition) is 4. The van der Waals surface area contributed by atoms with E-state index in [1.807, 2.05) is 24.3 Å². The molecule has 0 bridgehead atoms. The van der Waals surface area contributed by atoms with Gasteiger partial charge in [-0.05, 0) is 36.8 Å². The summed E-state index contributed by atoms with van der Waals surface area (Å²) in [5.41, 5.74) is 4.01. The Hall–Kier alpha value is -2.92. The van der Waals surface area contributed by atoms with Crippen molar-refractivity contribution in [2.75, 3.05) is 0 Å². The second kappa shape index (κ2) is 7.77. The summed E-state index contributed by atoms with van der Waals surface area (Å²) in [4.78, 5) is 16.4. The number of pyridine rings is 1. The lowest BCUT2D eigenvalue weighted by Crippen LogP contribution is -2.33. The smallest absolute Gasteiger partial charge is 0.280 e. The highest BCUT2D eigenvalue weighted by Crippen LogP contribution is 2.23. The van der Waals surface area contributed by atoms with Crippen molar-refractivity contribution in [3.63, 3.8) is 0 Å². The first-order chi connectivity index (χ1) is 12.1. The highest BCUT2D eigenvalue weighted by molar-refractivity contribution is 6.30. The van der Waals surface area contributed by atoms with E-state index in [0.717, 1.165) is 10.9 Å². The van der Waals surface area contributed by atoms with Crippen LogP contribution in [0.25, 0.3) is 10.9 Å². The Balaban J connectivity index is 1.63. The summed E-state index contributed by atoms with van der Waals surface area (Å²) in [6.07, 6.45) is 2.52. The van der Waals surface area contributed by atoms with Crippen LogP contribution >= 0.6 is 11.6 Å². The molecule has 0 saturated carbocycles. The highest BCUT2D eigenvalue weighted by Gasteiger charge is 2.15. The first kappa shape index (κ1) is 16.9. The number of aromatic nitrogens is 1. The van der Waals surface area contributed by atoms with Gasteiger partial charge in [0.15, 0.2) is 6.10 Å². The molecule has 1 unspecified atom stereocenters. The van der Waals surface area contributed by atoms with Gasteiger partial charge in [-0.15, -0.1) is 0 Å². The summed E-state index contributed by atoms with van der Waals surface area (Å²) in [6.45, 7) is 1.66. The van der Waals surface area contributed by atoms with Crippen LogP contribution in [0.5, 0.6) is 5.75 Å². The van der Waals surface area contributed by atoms with Crippen LogP contribution in [0.4, 0.5) is 0 Å². The van der Waals surface area contributed by atoms with Crippen molar-refractivity contribution in [2.45, 2.75) is 13.0 Å². The Kier molecular flexibility index (Phi) is 5.26. The van der Waals surface area contributed by atoms with Gasteiger partial charge in [0.2, 0.25) is 0 Å². The molecular formula is C19H16ClN3O2. The molecular weight excluding hydrogens is 338 g/mol. The number of benzene rings is 2. The van der Waals surface area contributed by atoms with E-state index >= 15 is 0 Å². The summed E-state index contributed by atoms with van der Waals surface area (Å²) in [5.74, 6) is 0.209. The van der Waals surface area contributed by atoms with Crippen LogP contribution in [0, 0.1) is 0 Å². The molecule has 0 saturated heterocycles. The summed E-state index contributed by atoms with van der Waals surface area (Å²) >= 11 is 5.82. The molecule has 1 amide bonds. The minimum atomic E-state index is -0.713. The molecule has 3 aromatic rings. The van der Waals surface area contributed by atoms with Crippen LogP contribution in [0.2, 0.25) is 5.02 Å². The van der Waals surface area contributed by atoms with Crippen LogP contribution in [0.3, 0.4) is 0 Å². The summed E-state index contributed by atoms with van der Waals surface area (Å²) in [6, 6.07) is 16.5. The average Bonchev–Trinajstić information content (AvgIpc) is 2.63. The van der Waals surface area contributed by atoms with Gasteiger partial charge in [-0.3, -0.25) is 9.78 Å². The Morgan fingerprint density at radius 2 is 1.96 bits per heavy atom. The Morgan fingerprint density at radius 1 is 1.20 bits per heavy atom. The average molecular weight is 354 g/mol. The zero-order chi connectivity index (χ0) is 17.6. The molecule has 5 nitrogen and oxygen atoms in total. The molecule has 0 aliphatic heterocycles. The normalized spacial score (nSPS) is 12.2. The van der Waals surface area contributed by atoms with Gasteiger partial charge in [-0.2, -0.15) is 5.10 Å². The topological polar surface area (TPSA) is 63.6 Å². The molecule has 0 aliphatic rings. The number of hydrazone groups is 1. The van der Waals surface area contributed by atoms with Crippen LogP contribution in [0.15, 0.2) is 65.9 Å². The lowest BCUT2D eigenvalue weighted by atomic mass is 10.2. The number of carbonyl (C=O) groups is 1. The van der Waals surface area contributed by atoms with Gasteiger partial charge in [0.05, 0.1) is 6.21 Å². The summed E-state index contributed by atoms with van der Waals surface area (Å²) in [7, 11) is 0. The number of hydrogen-bond donors (Lipinski definition) is 1. The fourth-order valence-corrected chi connectivity index (χ4v) is 2.35. The lowest BCUT2D eigenvalue weighted by molar-refractivity contribution is -0.127. The van der Waals surface area contributed by atoms with Crippen LogP contribution in [-0.2, 0) is 4.79 Å². The largest absolute Gasteiger partial charge is 0.479 e. The molecule has 6 heteroatoms. The molecule has 1 heterocycles. The zero-order valence-electron chi connectivity index (χ0n) is 13.5. The van der Waals surface area contributed by atoms with Gasteiger partial charge in [-0.1, -0.05) is 41.9 Å². The Bertz CT molecular complexity index is 905. The Labute approximate surface area is 150 Å². The number of para-hydroxylation sites is 1. The summed E-state index contributed by atoms with van der Waals surface area (Å²) < 4.78 is 5.74. The fraction of sp³-hybridized carbons (Fsp3) is 0.105. The lowest BCUT2D eigenvalue weighted by Gasteiger charge is -2.14. The molecule has 0 spiro atoms. The molecule has 3 rings (SSSR count). The third-order valence-electron chi connectivity index (χ3n) is 3.53.